The van der Waals surface area contributed by atoms with Crippen LogP contribution in [0.2, 0.25) is 0 Å². The summed E-state index contributed by atoms with van der Waals surface area (Å²) in [6.07, 6.45) is 1.67. The van der Waals surface area contributed by atoms with E-state index >= 15 is 0 Å². The first kappa shape index (κ1) is 12.0. The third kappa shape index (κ3) is 2.27. The van der Waals surface area contributed by atoms with Crippen LogP contribution < -0.4 is 0 Å². The zero-order chi connectivity index (χ0) is 13.2. The van der Waals surface area contributed by atoms with Crippen molar-refractivity contribution >= 4 is 38.7 Å². The molecule has 2 aromatic carbocycles. The second kappa shape index (κ2) is 4.90. The van der Waals surface area contributed by atoms with Gasteiger partial charge < -0.3 is 10.1 Å². The van der Waals surface area contributed by atoms with Gasteiger partial charge in [-0.15, -0.1) is 0 Å². The number of H-pyrrole nitrogens is 1. The molecule has 1 heterocycles. The van der Waals surface area contributed by atoms with E-state index in [0.29, 0.717) is 5.56 Å². The van der Waals surface area contributed by atoms with Crippen molar-refractivity contribution < 1.29 is 5.11 Å². The van der Waals surface area contributed by atoms with E-state index in [9.17, 15) is 5.11 Å². The third-order valence-electron chi connectivity index (χ3n) is 2.91. The minimum atomic E-state index is 0.136. The highest BCUT2D eigenvalue weighted by Crippen LogP contribution is 2.28. The molecule has 3 rings (SSSR count). The molecule has 0 amide bonds. The van der Waals surface area contributed by atoms with Gasteiger partial charge in [0.25, 0.3) is 0 Å². The van der Waals surface area contributed by atoms with E-state index in [4.69, 9.17) is 0 Å². The monoisotopic (exact) mass is 314 g/mol. The Morgan fingerprint density at radius 3 is 2.63 bits per heavy atom. The van der Waals surface area contributed by atoms with Crippen LogP contribution >= 0.6 is 15.9 Å². The molecule has 0 aliphatic carbocycles. The van der Waals surface area contributed by atoms with Crippen LogP contribution in [0, 0.1) is 0 Å². The van der Waals surface area contributed by atoms with Crippen molar-refractivity contribution in [3.05, 3.63) is 58.6 Å². The molecule has 0 aliphatic heterocycles. The molecule has 0 saturated heterocycles. The Kier molecular flexibility index (Phi) is 3.09. The van der Waals surface area contributed by atoms with Gasteiger partial charge in [-0.2, -0.15) is 0 Å². The number of aromatic hydroxyl groups is 1. The molecular weight excluding hydrogens is 304 g/mol. The largest absolute Gasteiger partial charge is 0.494 e. The first-order chi connectivity index (χ1) is 9.25. The molecule has 0 radical (unpaired) electrons. The number of nitrogens with zero attached hydrogens (tertiary/aromatic N) is 1. The van der Waals surface area contributed by atoms with Gasteiger partial charge in [-0.3, -0.25) is 4.99 Å². The van der Waals surface area contributed by atoms with E-state index in [-0.39, 0.29) is 5.88 Å². The van der Waals surface area contributed by atoms with Crippen LogP contribution in [-0.4, -0.2) is 16.3 Å². The number of aromatic amines is 1. The summed E-state index contributed by atoms with van der Waals surface area (Å²) < 4.78 is 0.922. The number of hydrogen-bond acceptors (Lipinski definition) is 2. The number of para-hydroxylation sites is 2. The summed E-state index contributed by atoms with van der Waals surface area (Å²) in [5.41, 5.74) is 2.42. The Balaban J connectivity index is 2.06. The van der Waals surface area contributed by atoms with Crippen molar-refractivity contribution in [3.63, 3.8) is 0 Å². The van der Waals surface area contributed by atoms with Gasteiger partial charge in [0.1, 0.15) is 0 Å². The maximum atomic E-state index is 9.92. The van der Waals surface area contributed by atoms with Crippen LogP contribution in [0.5, 0.6) is 5.88 Å². The Morgan fingerprint density at radius 2 is 1.79 bits per heavy atom. The lowest BCUT2D eigenvalue weighted by atomic mass is 10.2. The summed E-state index contributed by atoms with van der Waals surface area (Å²) in [6.45, 7) is 0. The summed E-state index contributed by atoms with van der Waals surface area (Å²) in [4.78, 5) is 7.34. The standard InChI is InChI=1S/C15H11BrN2O/c16-12-6-2-4-8-14(12)17-9-11-10-5-1-3-7-13(10)18-15(11)19/h1-9,18-19H. The summed E-state index contributed by atoms with van der Waals surface area (Å²) in [7, 11) is 0. The zero-order valence-corrected chi connectivity index (χ0v) is 11.6. The fourth-order valence-corrected chi connectivity index (χ4v) is 2.36. The maximum Gasteiger partial charge on any atom is 0.198 e. The van der Waals surface area contributed by atoms with Gasteiger partial charge in [0, 0.05) is 21.6 Å². The number of hydrogen-bond donors (Lipinski definition) is 2. The lowest BCUT2D eigenvalue weighted by Gasteiger charge is -1.96. The molecule has 0 atom stereocenters. The summed E-state index contributed by atoms with van der Waals surface area (Å²) in [5.74, 6) is 0.136. The van der Waals surface area contributed by atoms with Gasteiger partial charge in [0.2, 0.25) is 0 Å². The smallest absolute Gasteiger partial charge is 0.198 e. The minimum Gasteiger partial charge on any atom is -0.494 e. The van der Waals surface area contributed by atoms with Gasteiger partial charge >= 0.3 is 0 Å². The van der Waals surface area contributed by atoms with Crippen LogP contribution in [0.1, 0.15) is 5.56 Å². The van der Waals surface area contributed by atoms with Gasteiger partial charge in [-0.25, -0.2) is 0 Å². The lowest BCUT2D eigenvalue weighted by Crippen LogP contribution is -1.79. The van der Waals surface area contributed by atoms with E-state index < -0.39 is 0 Å². The molecule has 94 valence electrons. The summed E-state index contributed by atoms with van der Waals surface area (Å²) in [5, 5.41) is 10.9. The molecule has 0 fully saturated rings. The number of nitrogens with one attached hydrogen (secondary N) is 1. The fraction of sp³-hybridized carbons (Fsp3) is 0. The first-order valence-electron chi connectivity index (χ1n) is 5.84. The lowest BCUT2D eigenvalue weighted by molar-refractivity contribution is 0.457. The first-order valence-corrected chi connectivity index (χ1v) is 6.63. The van der Waals surface area contributed by atoms with E-state index in [1.807, 2.05) is 48.5 Å². The molecule has 0 aliphatic rings. The number of benzene rings is 2. The van der Waals surface area contributed by atoms with E-state index in [0.717, 1.165) is 21.1 Å². The predicted octanol–water partition coefficient (Wildman–Crippen LogP) is 4.39. The van der Waals surface area contributed by atoms with E-state index in [1.165, 1.54) is 0 Å². The van der Waals surface area contributed by atoms with Gasteiger partial charge in [0.15, 0.2) is 5.88 Å². The molecule has 0 bridgehead atoms. The Hall–Kier alpha value is -2.07. The van der Waals surface area contributed by atoms with Crippen molar-refractivity contribution in [2.75, 3.05) is 0 Å². The highest BCUT2D eigenvalue weighted by atomic mass is 79.9. The topological polar surface area (TPSA) is 48.4 Å². The Bertz CT molecular complexity index is 762. The molecular formula is C15H11BrN2O. The molecule has 2 N–H and O–H groups in total. The number of fused-ring (bicyclic) bond motifs is 1. The summed E-state index contributed by atoms with van der Waals surface area (Å²) >= 11 is 3.44. The molecule has 0 unspecified atom stereocenters. The predicted molar refractivity (Wildman–Crippen MR) is 81.4 cm³/mol. The molecule has 0 spiro atoms. The zero-order valence-electron chi connectivity index (χ0n) is 9.97. The maximum absolute atomic E-state index is 9.92. The van der Waals surface area contributed by atoms with Crippen molar-refractivity contribution in [2.45, 2.75) is 0 Å². The number of rotatable bonds is 2. The number of aromatic nitrogens is 1. The second-order valence-corrected chi connectivity index (χ2v) is 5.00. The van der Waals surface area contributed by atoms with E-state index in [1.54, 1.807) is 6.21 Å². The SMILES string of the molecule is Oc1[nH]c2ccccc2c1C=Nc1ccccc1Br. The number of aliphatic imine (C=N–C) groups is 1. The highest BCUT2D eigenvalue weighted by molar-refractivity contribution is 9.10. The average molecular weight is 315 g/mol. The van der Waals surface area contributed by atoms with Gasteiger partial charge in [-0.1, -0.05) is 30.3 Å². The van der Waals surface area contributed by atoms with Crippen molar-refractivity contribution in [3.8, 4) is 5.88 Å². The summed E-state index contributed by atoms with van der Waals surface area (Å²) in [6, 6.07) is 15.4. The van der Waals surface area contributed by atoms with Crippen molar-refractivity contribution in [1.82, 2.24) is 4.98 Å². The van der Waals surface area contributed by atoms with Gasteiger partial charge in [0.05, 0.1) is 11.3 Å². The van der Waals surface area contributed by atoms with Crippen LogP contribution in [0.25, 0.3) is 10.9 Å². The average Bonchev–Trinajstić information content (AvgIpc) is 2.74. The molecule has 19 heavy (non-hydrogen) atoms. The fourth-order valence-electron chi connectivity index (χ4n) is 1.97. The van der Waals surface area contributed by atoms with Crippen molar-refractivity contribution in [2.24, 2.45) is 4.99 Å². The van der Waals surface area contributed by atoms with Gasteiger partial charge in [-0.05, 0) is 34.1 Å². The molecule has 3 nitrogen and oxygen atoms in total. The third-order valence-corrected chi connectivity index (χ3v) is 3.58. The molecule has 0 saturated carbocycles. The molecule has 4 heteroatoms. The minimum absolute atomic E-state index is 0.136. The molecule has 3 aromatic rings. The molecule has 1 aromatic heterocycles. The van der Waals surface area contributed by atoms with Crippen LogP contribution in [-0.2, 0) is 0 Å². The van der Waals surface area contributed by atoms with Crippen molar-refractivity contribution in [1.29, 1.82) is 0 Å². The quantitative estimate of drug-likeness (QED) is 0.677. The normalized spacial score (nSPS) is 11.4. The van der Waals surface area contributed by atoms with Crippen LogP contribution in [0.3, 0.4) is 0 Å². The second-order valence-electron chi connectivity index (χ2n) is 4.14. The Labute approximate surface area is 118 Å². The van der Waals surface area contributed by atoms with Crippen LogP contribution in [0.4, 0.5) is 5.69 Å². The Morgan fingerprint density at radius 1 is 1.05 bits per heavy atom. The number of halogens is 1. The van der Waals surface area contributed by atoms with Crippen LogP contribution in [0.15, 0.2) is 58.0 Å². The van der Waals surface area contributed by atoms with E-state index in [2.05, 4.69) is 25.9 Å². The highest BCUT2D eigenvalue weighted by Gasteiger charge is 2.07.